The number of fused-ring (bicyclic) bond motifs is 4. The first-order valence-corrected chi connectivity index (χ1v) is 25.5. The maximum absolute atomic E-state index is 10.6. The lowest BCUT2D eigenvalue weighted by atomic mass is 9.78. The van der Waals surface area contributed by atoms with E-state index in [0.717, 1.165) is 64.2 Å². The number of carboxylic acid groups (broad SMARTS) is 2. The molecule has 5 saturated carbocycles. The van der Waals surface area contributed by atoms with Crippen molar-refractivity contribution in [2.45, 2.75) is 199 Å². The molecule has 4 bridgehead atoms. The van der Waals surface area contributed by atoms with Crippen molar-refractivity contribution in [2.24, 2.45) is 51.8 Å². The molecule has 5 fully saturated rings. The van der Waals surface area contributed by atoms with Gasteiger partial charge in [0, 0.05) is 16.2 Å². The van der Waals surface area contributed by atoms with Gasteiger partial charge in [-0.3, -0.25) is 9.59 Å². The molecule has 6 unspecified atom stereocenters. The fraction of sp³-hybridized carbons (Fsp3) is 0.885. The molecule has 0 saturated heterocycles. The summed E-state index contributed by atoms with van der Waals surface area (Å²) >= 11 is 0. The summed E-state index contributed by atoms with van der Waals surface area (Å²) in [6.45, 7) is 0.938. The maximum Gasteiger partial charge on any atom is 0.307 e. The van der Waals surface area contributed by atoms with Gasteiger partial charge >= 0.3 is 11.9 Å². The normalized spacial score (nSPS) is 30.3. The van der Waals surface area contributed by atoms with Gasteiger partial charge in [0.1, 0.15) is 0 Å². The lowest BCUT2D eigenvalue weighted by Crippen LogP contribution is -2.30. The zero-order valence-corrected chi connectivity index (χ0v) is 38.8. The summed E-state index contributed by atoms with van der Waals surface area (Å²) in [6, 6.07) is 0. The van der Waals surface area contributed by atoms with Crippen molar-refractivity contribution in [3.05, 3.63) is 24.3 Å². The molecular weight excluding hydrogens is 785 g/mol. The van der Waals surface area contributed by atoms with Crippen LogP contribution in [-0.4, -0.2) is 92.4 Å². The number of aliphatic hydroxyl groups excluding tert-OH is 6. The Bertz CT molecular complexity index is 1090. The Morgan fingerprint density at radius 3 is 0.677 bits per heavy atom. The van der Waals surface area contributed by atoms with Crippen LogP contribution in [0.1, 0.15) is 199 Å². The molecule has 0 aromatic rings. The molecule has 62 heavy (non-hydrogen) atoms. The predicted molar refractivity (Wildman–Crippen MR) is 247 cm³/mol. The summed E-state index contributed by atoms with van der Waals surface area (Å²) in [7, 11) is 0. The van der Waals surface area contributed by atoms with Gasteiger partial charge in [0.05, 0.1) is 51.5 Å². The highest BCUT2D eigenvalue weighted by molar-refractivity contribution is 5.72. The van der Waals surface area contributed by atoms with Crippen molar-refractivity contribution in [3.8, 4) is 0 Å². The molecule has 8 N–H and O–H groups in total. The second-order valence-corrected chi connectivity index (χ2v) is 20.8. The van der Waals surface area contributed by atoms with Crippen molar-refractivity contribution in [1.82, 2.24) is 0 Å². The van der Waals surface area contributed by atoms with Crippen molar-refractivity contribution < 1.29 is 50.4 Å². The third-order valence-electron chi connectivity index (χ3n) is 15.9. The van der Waals surface area contributed by atoms with Gasteiger partial charge in [-0.05, 0) is 87.9 Å². The maximum atomic E-state index is 10.6. The lowest BCUT2D eigenvalue weighted by molar-refractivity contribution is -0.143. The standard InChI is InChI=1S/3C12H24O2.2C8H10O2/c3*13-10-12(11-14)8-6-4-2-1-3-5-7-9-12;2*9-8(10)7-4-5-1-2-6(7)3-5/h3*13-14H,1-11H2;2*1-2,5-7H,3-4H2,(H,9,10). The molecule has 7 rings (SSSR count). The van der Waals surface area contributed by atoms with Gasteiger partial charge in [-0.1, -0.05) is 159 Å². The molecule has 0 aliphatic heterocycles. The molecule has 0 amide bonds. The third kappa shape index (κ3) is 19.0. The van der Waals surface area contributed by atoms with E-state index in [9.17, 15) is 40.2 Å². The summed E-state index contributed by atoms with van der Waals surface area (Å²) < 4.78 is 0. The number of allylic oxidation sites excluding steroid dienone is 4. The zero-order chi connectivity index (χ0) is 45.1. The van der Waals surface area contributed by atoms with Crippen LogP contribution in [0.4, 0.5) is 0 Å². The van der Waals surface area contributed by atoms with Crippen LogP contribution in [0.15, 0.2) is 24.3 Å². The molecule has 7 aliphatic carbocycles. The van der Waals surface area contributed by atoms with Crippen LogP contribution >= 0.6 is 0 Å². The molecule has 0 radical (unpaired) electrons. The van der Waals surface area contributed by atoms with E-state index in [2.05, 4.69) is 24.3 Å². The van der Waals surface area contributed by atoms with Crippen LogP contribution < -0.4 is 0 Å². The molecule has 0 aromatic heterocycles. The van der Waals surface area contributed by atoms with Gasteiger partial charge < -0.3 is 40.9 Å². The summed E-state index contributed by atoms with van der Waals surface area (Å²) in [4.78, 5) is 21.1. The van der Waals surface area contributed by atoms with E-state index in [1.54, 1.807) is 0 Å². The largest absolute Gasteiger partial charge is 0.481 e. The predicted octanol–water partition coefficient (Wildman–Crippen LogP) is 10.0. The number of rotatable bonds is 8. The Morgan fingerprint density at radius 1 is 0.339 bits per heavy atom. The highest BCUT2D eigenvalue weighted by Gasteiger charge is 2.40. The molecule has 0 heterocycles. The first-order valence-electron chi connectivity index (χ1n) is 25.5. The molecule has 10 heteroatoms. The van der Waals surface area contributed by atoms with Crippen molar-refractivity contribution in [1.29, 1.82) is 0 Å². The summed E-state index contributed by atoms with van der Waals surface area (Å²) in [6.07, 6.45) is 45.0. The number of aliphatic hydroxyl groups is 6. The minimum atomic E-state index is -0.614. The van der Waals surface area contributed by atoms with Crippen LogP contribution in [0.25, 0.3) is 0 Å². The quantitative estimate of drug-likeness (QED) is 0.109. The molecule has 0 aromatic carbocycles. The fourth-order valence-electron chi connectivity index (χ4n) is 11.3. The minimum Gasteiger partial charge on any atom is -0.481 e. The Morgan fingerprint density at radius 2 is 0.548 bits per heavy atom. The van der Waals surface area contributed by atoms with Crippen LogP contribution in [0, 0.1) is 51.8 Å². The van der Waals surface area contributed by atoms with Crippen molar-refractivity contribution in [2.75, 3.05) is 39.6 Å². The molecule has 10 nitrogen and oxygen atoms in total. The first kappa shape index (κ1) is 54.5. The van der Waals surface area contributed by atoms with Crippen LogP contribution in [-0.2, 0) is 9.59 Å². The monoisotopic (exact) mass is 877 g/mol. The molecule has 6 atom stereocenters. The van der Waals surface area contributed by atoms with E-state index in [-0.39, 0.29) is 67.7 Å². The van der Waals surface area contributed by atoms with Gasteiger partial charge in [-0.25, -0.2) is 0 Å². The Kier molecular flexibility index (Phi) is 26.7. The van der Waals surface area contributed by atoms with E-state index in [1.807, 2.05) is 0 Å². The number of hydrogen-bond donors (Lipinski definition) is 8. The second-order valence-electron chi connectivity index (χ2n) is 20.8. The molecular formula is C52H92O10. The van der Waals surface area contributed by atoms with Crippen LogP contribution in [0.3, 0.4) is 0 Å². The highest BCUT2D eigenvalue weighted by atomic mass is 16.4. The zero-order valence-electron chi connectivity index (χ0n) is 38.8. The average Bonchev–Trinajstić information content (AvgIpc) is 4.15. The fourth-order valence-corrected chi connectivity index (χ4v) is 11.3. The van der Waals surface area contributed by atoms with Gasteiger partial charge in [0.25, 0.3) is 0 Å². The van der Waals surface area contributed by atoms with E-state index in [0.29, 0.717) is 23.7 Å². The second kappa shape index (κ2) is 30.4. The summed E-state index contributed by atoms with van der Waals surface area (Å²) in [5.41, 5.74) is -0.508. The van der Waals surface area contributed by atoms with E-state index in [1.165, 1.54) is 135 Å². The average molecular weight is 877 g/mol. The smallest absolute Gasteiger partial charge is 0.307 e. The van der Waals surface area contributed by atoms with Crippen LogP contribution in [0.5, 0.6) is 0 Å². The number of hydrogen-bond acceptors (Lipinski definition) is 8. The van der Waals surface area contributed by atoms with Crippen molar-refractivity contribution in [3.63, 3.8) is 0 Å². The van der Waals surface area contributed by atoms with Gasteiger partial charge in [0.2, 0.25) is 0 Å². The van der Waals surface area contributed by atoms with Gasteiger partial charge in [-0.2, -0.15) is 0 Å². The number of carboxylic acids is 2. The van der Waals surface area contributed by atoms with Crippen molar-refractivity contribution >= 4 is 11.9 Å². The summed E-state index contributed by atoms with van der Waals surface area (Å²) in [5.74, 6) is 0.473. The van der Waals surface area contributed by atoms with Gasteiger partial charge in [0.15, 0.2) is 0 Å². The SMILES string of the molecule is O=C(O)C1CC2C=CC1C2.O=C(O)C1CC2C=CC1C2.OCC1(CO)CCCCCCCCC1.OCC1(CO)CCCCCCCCC1.OCC1(CO)CCCCCCCCC1. The molecule has 7 aliphatic rings. The van der Waals surface area contributed by atoms with Crippen LogP contribution in [0.2, 0.25) is 0 Å². The Balaban J connectivity index is 0.000000208. The van der Waals surface area contributed by atoms with Gasteiger partial charge in [-0.15, -0.1) is 0 Å². The molecule has 0 spiro atoms. The number of carbonyl (C=O) groups is 2. The minimum absolute atomic E-state index is 0.0741. The first-order chi connectivity index (χ1) is 30.0. The van der Waals surface area contributed by atoms with E-state index in [4.69, 9.17) is 10.2 Å². The third-order valence-corrected chi connectivity index (χ3v) is 15.9. The van der Waals surface area contributed by atoms with E-state index < -0.39 is 11.9 Å². The molecule has 360 valence electrons. The lowest BCUT2D eigenvalue weighted by Gasteiger charge is -2.30. The summed E-state index contributed by atoms with van der Waals surface area (Å²) in [5, 5.41) is 73.6. The Labute approximate surface area is 376 Å². The number of aliphatic carboxylic acids is 2. The highest BCUT2D eigenvalue weighted by Crippen LogP contribution is 2.44. The topological polar surface area (TPSA) is 196 Å². The Hall–Kier alpha value is -1.82. The van der Waals surface area contributed by atoms with E-state index >= 15 is 0 Å².